The molecule has 0 aliphatic carbocycles. The average molecular weight is 506 g/mol. The first-order valence-corrected chi connectivity index (χ1v) is 11.1. The van der Waals surface area contributed by atoms with E-state index in [2.05, 4.69) is 0 Å². The lowest BCUT2D eigenvalue weighted by Crippen LogP contribution is -2.60. The highest BCUT2D eigenvalue weighted by atomic mass is 16.7. The predicted octanol–water partition coefficient (Wildman–Crippen LogP) is -0.491. The minimum absolute atomic E-state index is 0.0228. The van der Waals surface area contributed by atoms with Crippen LogP contribution in [0.3, 0.4) is 0 Å². The summed E-state index contributed by atoms with van der Waals surface area (Å²) in [4.78, 5) is 25.1. The van der Waals surface area contributed by atoms with Crippen LogP contribution < -0.4 is 4.74 Å². The summed E-state index contributed by atoms with van der Waals surface area (Å²) in [5, 5.41) is 69.7. The molecule has 1 fully saturated rings. The summed E-state index contributed by atoms with van der Waals surface area (Å²) >= 11 is 0. The number of ketones is 1. The molecule has 7 N–H and O–H groups in total. The number of aliphatic hydroxyl groups is 4. The number of cyclic esters (lactones) is 1. The average Bonchev–Trinajstić information content (AvgIpc) is 2.78. The molecule has 36 heavy (non-hydrogen) atoms. The lowest BCUT2D eigenvalue weighted by molar-refractivity contribution is -0.277. The van der Waals surface area contributed by atoms with Crippen LogP contribution in [0.2, 0.25) is 0 Å². The zero-order chi connectivity index (χ0) is 26.3. The molecule has 0 radical (unpaired) electrons. The monoisotopic (exact) mass is 506 g/mol. The quantitative estimate of drug-likeness (QED) is 0.196. The number of esters is 1. The number of ether oxygens (including phenoxy) is 3. The number of carbonyl (C=O) groups excluding carboxylic acids is 2. The molecule has 6 atom stereocenters. The van der Waals surface area contributed by atoms with Crippen LogP contribution in [0.4, 0.5) is 0 Å². The van der Waals surface area contributed by atoms with Crippen molar-refractivity contribution in [3.63, 3.8) is 0 Å². The maximum atomic E-state index is 12.6. The minimum Gasteiger partial charge on any atom is -0.508 e. The molecular weight excluding hydrogens is 480 g/mol. The third-order valence-corrected chi connectivity index (χ3v) is 6.17. The Morgan fingerprint density at radius 2 is 1.72 bits per heavy atom. The first-order valence-electron chi connectivity index (χ1n) is 11.1. The van der Waals surface area contributed by atoms with E-state index in [-0.39, 0.29) is 46.8 Å². The number of aliphatic hydroxyl groups excluding tert-OH is 4. The highest BCUT2D eigenvalue weighted by molar-refractivity contribution is 5.99. The Balaban J connectivity index is 1.64. The molecule has 0 saturated carbocycles. The van der Waals surface area contributed by atoms with E-state index in [1.54, 1.807) is 0 Å². The molecule has 0 bridgehead atoms. The van der Waals surface area contributed by atoms with Gasteiger partial charge < -0.3 is 50.0 Å². The maximum Gasteiger partial charge on any atom is 0.342 e. The normalized spacial score (nSPS) is 27.8. The van der Waals surface area contributed by atoms with E-state index in [4.69, 9.17) is 14.2 Å². The second kappa shape index (κ2) is 9.91. The van der Waals surface area contributed by atoms with Crippen LogP contribution in [0.5, 0.6) is 23.0 Å². The van der Waals surface area contributed by atoms with Gasteiger partial charge in [0.15, 0.2) is 5.78 Å². The highest BCUT2D eigenvalue weighted by Gasteiger charge is 2.45. The van der Waals surface area contributed by atoms with Crippen molar-refractivity contribution < 1.29 is 59.5 Å². The lowest BCUT2D eigenvalue weighted by atomic mass is 9.91. The second-order valence-electron chi connectivity index (χ2n) is 8.78. The molecule has 0 aromatic heterocycles. The van der Waals surface area contributed by atoms with Crippen LogP contribution in [-0.4, -0.2) is 90.9 Å². The van der Waals surface area contributed by atoms with Gasteiger partial charge in [0, 0.05) is 25.0 Å². The van der Waals surface area contributed by atoms with Gasteiger partial charge in [-0.2, -0.15) is 0 Å². The standard InChI is InChI=1S/C24H26O12/c1-9(26)18-10(4-14-5-11-3-12(27)6-15(29)19(11)23(33)34-14)2-13(28)7-16(18)35-24-22(32)21(31)20(30)17(8-25)36-24/h2-3,6-7,14,17,20-22,24-25,27-32H,4-5,8H2,1H3/t14-,17-,20+,21-,22+,24+/m0/s1. The number of benzene rings is 2. The Morgan fingerprint density at radius 3 is 2.39 bits per heavy atom. The van der Waals surface area contributed by atoms with Crippen molar-refractivity contribution >= 4 is 11.8 Å². The van der Waals surface area contributed by atoms with Crippen molar-refractivity contribution in [2.75, 3.05) is 6.61 Å². The molecule has 2 aliphatic heterocycles. The molecule has 0 spiro atoms. The molecule has 2 aromatic carbocycles. The summed E-state index contributed by atoms with van der Waals surface area (Å²) in [6.07, 6.45) is -8.71. The van der Waals surface area contributed by atoms with Crippen LogP contribution in [-0.2, 0) is 22.3 Å². The Hall–Kier alpha value is -3.42. The van der Waals surface area contributed by atoms with Crippen molar-refractivity contribution in [2.24, 2.45) is 0 Å². The molecular formula is C24H26O12. The number of carbonyl (C=O) groups is 2. The molecule has 4 rings (SSSR count). The molecule has 0 amide bonds. The van der Waals surface area contributed by atoms with Crippen molar-refractivity contribution in [2.45, 2.75) is 56.6 Å². The Bertz CT molecular complexity index is 1180. The second-order valence-corrected chi connectivity index (χ2v) is 8.78. The van der Waals surface area contributed by atoms with Gasteiger partial charge in [-0.25, -0.2) is 4.79 Å². The summed E-state index contributed by atoms with van der Waals surface area (Å²) in [5.41, 5.74) is 0.479. The van der Waals surface area contributed by atoms with Gasteiger partial charge in [-0.15, -0.1) is 0 Å². The zero-order valence-corrected chi connectivity index (χ0v) is 19.1. The minimum atomic E-state index is -1.75. The van der Waals surface area contributed by atoms with Gasteiger partial charge in [0.2, 0.25) is 6.29 Å². The van der Waals surface area contributed by atoms with E-state index in [0.29, 0.717) is 5.56 Å². The van der Waals surface area contributed by atoms with Crippen LogP contribution in [0, 0.1) is 0 Å². The lowest BCUT2D eigenvalue weighted by Gasteiger charge is -2.39. The van der Waals surface area contributed by atoms with Crippen LogP contribution >= 0.6 is 0 Å². The Kier molecular flexibility index (Phi) is 7.07. The molecule has 1 saturated heterocycles. The number of hydrogen-bond donors (Lipinski definition) is 7. The fourth-order valence-electron chi connectivity index (χ4n) is 4.52. The zero-order valence-electron chi connectivity index (χ0n) is 19.1. The summed E-state index contributed by atoms with van der Waals surface area (Å²) in [6.45, 7) is 0.545. The number of hydrogen-bond acceptors (Lipinski definition) is 12. The number of Topliss-reactive ketones (excluding diaryl/α,β-unsaturated/α-hetero) is 1. The first-order chi connectivity index (χ1) is 17.0. The van der Waals surface area contributed by atoms with Gasteiger partial charge in [-0.05, 0) is 30.2 Å². The van der Waals surface area contributed by atoms with Gasteiger partial charge in [0.05, 0.1) is 12.2 Å². The van der Waals surface area contributed by atoms with Crippen LogP contribution in [0.15, 0.2) is 24.3 Å². The molecule has 12 nitrogen and oxygen atoms in total. The molecule has 0 unspecified atom stereocenters. The van der Waals surface area contributed by atoms with E-state index in [1.165, 1.54) is 19.1 Å². The SMILES string of the molecule is CC(=O)c1c(C[C@H]2Cc3cc(O)cc(O)c3C(=O)O2)cc(O)cc1O[C@@H]1O[C@@H](CO)[C@@H](O)[C@H](O)[C@H]1O. The van der Waals surface area contributed by atoms with Gasteiger partial charge in [0.25, 0.3) is 0 Å². The fourth-order valence-corrected chi connectivity index (χ4v) is 4.52. The molecule has 2 aliphatic rings. The predicted molar refractivity (Wildman–Crippen MR) is 119 cm³/mol. The van der Waals surface area contributed by atoms with Crippen LogP contribution in [0.25, 0.3) is 0 Å². The topological polar surface area (TPSA) is 203 Å². The number of rotatable bonds is 6. The van der Waals surface area contributed by atoms with E-state index in [1.807, 2.05) is 0 Å². The Morgan fingerprint density at radius 1 is 1.03 bits per heavy atom. The van der Waals surface area contributed by atoms with Crippen molar-refractivity contribution in [3.8, 4) is 23.0 Å². The molecule has 2 aromatic rings. The number of fused-ring (bicyclic) bond motifs is 1. The van der Waals surface area contributed by atoms with Gasteiger partial charge >= 0.3 is 5.97 Å². The molecule has 12 heteroatoms. The van der Waals surface area contributed by atoms with Crippen molar-refractivity contribution in [3.05, 3.63) is 46.5 Å². The molecule has 194 valence electrons. The third kappa shape index (κ3) is 4.81. The number of aromatic hydroxyl groups is 3. The van der Waals surface area contributed by atoms with Crippen molar-refractivity contribution in [1.82, 2.24) is 0 Å². The summed E-state index contributed by atoms with van der Waals surface area (Å²) in [5.74, 6) is -2.52. The number of phenolic OH excluding ortho intramolecular Hbond substituents is 3. The fraction of sp³-hybridized carbons (Fsp3) is 0.417. The maximum absolute atomic E-state index is 12.6. The van der Waals surface area contributed by atoms with E-state index in [0.717, 1.165) is 12.1 Å². The number of phenols is 3. The third-order valence-electron chi connectivity index (χ3n) is 6.17. The largest absolute Gasteiger partial charge is 0.508 e. The highest BCUT2D eigenvalue weighted by Crippen LogP contribution is 2.36. The van der Waals surface area contributed by atoms with Gasteiger partial charge in [-0.1, -0.05) is 0 Å². The first kappa shape index (κ1) is 25.7. The van der Waals surface area contributed by atoms with Gasteiger partial charge in [0.1, 0.15) is 59.1 Å². The summed E-state index contributed by atoms with van der Waals surface area (Å²) < 4.78 is 16.4. The van der Waals surface area contributed by atoms with E-state index in [9.17, 15) is 45.3 Å². The summed E-state index contributed by atoms with van der Waals surface area (Å²) in [7, 11) is 0. The molecule has 2 heterocycles. The van der Waals surface area contributed by atoms with E-state index >= 15 is 0 Å². The Labute approximate surface area is 204 Å². The summed E-state index contributed by atoms with van der Waals surface area (Å²) in [6, 6.07) is 4.72. The smallest absolute Gasteiger partial charge is 0.342 e. The van der Waals surface area contributed by atoms with Crippen LogP contribution in [0.1, 0.15) is 38.8 Å². The van der Waals surface area contributed by atoms with E-state index < -0.39 is 60.9 Å². The van der Waals surface area contributed by atoms with Crippen molar-refractivity contribution in [1.29, 1.82) is 0 Å². The van der Waals surface area contributed by atoms with Gasteiger partial charge in [-0.3, -0.25) is 4.79 Å².